The third-order valence-electron chi connectivity index (χ3n) is 6.31. The molecule has 2 heteroatoms. The summed E-state index contributed by atoms with van der Waals surface area (Å²) < 4.78 is 0. The van der Waals surface area contributed by atoms with Crippen LogP contribution in [0.15, 0.2) is 55.1 Å². The van der Waals surface area contributed by atoms with Crippen LogP contribution < -0.4 is 0 Å². The first-order chi connectivity index (χ1) is 13.7. The zero-order chi connectivity index (χ0) is 21.1. The molecule has 0 aromatic heterocycles. The van der Waals surface area contributed by atoms with Gasteiger partial charge in [-0.15, -0.1) is 0 Å². The van der Waals surface area contributed by atoms with Gasteiger partial charge in [0, 0.05) is 11.1 Å². The van der Waals surface area contributed by atoms with Crippen LogP contribution in [0.5, 0.6) is 0 Å². The zero-order valence-corrected chi connectivity index (χ0v) is 18.9. The van der Waals surface area contributed by atoms with Crippen molar-refractivity contribution < 1.29 is 4.84 Å². The minimum absolute atomic E-state index is 0.0483. The van der Waals surface area contributed by atoms with Crippen LogP contribution in [0.3, 0.4) is 0 Å². The Morgan fingerprint density at radius 3 is 1.86 bits per heavy atom. The first kappa shape index (κ1) is 21.8. The van der Waals surface area contributed by atoms with E-state index in [0.717, 1.165) is 12.8 Å². The van der Waals surface area contributed by atoms with Crippen molar-refractivity contribution in [3.63, 3.8) is 0 Å². The molecule has 0 N–H and O–H groups in total. The lowest BCUT2D eigenvalue weighted by atomic mass is 9.82. The molecule has 1 unspecified atom stereocenters. The predicted octanol–water partition coefficient (Wildman–Crippen LogP) is 7.15. The van der Waals surface area contributed by atoms with Gasteiger partial charge in [-0.3, -0.25) is 4.84 Å². The molecule has 1 aliphatic heterocycles. The van der Waals surface area contributed by atoms with E-state index in [1.807, 2.05) is 6.08 Å². The Bertz CT molecular complexity index is 785. The van der Waals surface area contributed by atoms with Gasteiger partial charge in [-0.25, -0.2) is 0 Å². The first-order valence-electron chi connectivity index (χ1n) is 11.0. The van der Waals surface area contributed by atoms with Crippen LogP contribution in [0, 0.1) is 0 Å². The maximum Gasteiger partial charge on any atom is 0.102 e. The van der Waals surface area contributed by atoms with E-state index in [0.29, 0.717) is 0 Å². The second kappa shape index (κ2) is 8.85. The Hall–Kier alpha value is -1.90. The molecule has 2 nitrogen and oxygen atoms in total. The smallest absolute Gasteiger partial charge is 0.102 e. The minimum Gasteiger partial charge on any atom is -0.290 e. The molecule has 1 saturated heterocycles. The van der Waals surface area contributed by atoms with Crippen LogP contribution >= 0.6 is 0 Å². The molecule has 0 amide bonds. The number of hydrogen-bond donors (Lipinski definition) is 0. The highest BCUT2D eigenvalue weighted by molar-refractivity contribution is 5.47. The van der Waals surface area contributed by atoms with E-state index < -0.39 is 0 Å². The fourth-order valence-electron chi connectivity index (χ4n) is 4.54. The van der Waals surface area contributed by atoms with Gasteiger partial charge >= 0.3 is 0 Å². The molecule has 2 aromatic rings. The molecule has 0 radical (unpaired) electrons. The number of rotatable bonds is 7. The number of nitrogens with zero attached hydrogens (tertiary/aromatic N) is 1. The van der Waals surface area contributed by atoms with Crippen molar-refractivity contribution in [3.05, 3.63) is 77.4 Å². The summed E-state index contributed by atoms with van der Waals surface area (Å²) in [5.41, 5.74) is 5.28. The highest BCUT2D eigenvalue weighted by Gasteiger charge is 2.43. The first-order valence-corrected chi connectivity index (χ1v) is 11.0. The molecule has 1 aliphatic rings. The molecule has 1 fully saturated rings. The molecule has 1 heterocycles. The highest BCUT2D eigenvalue weighted by Crippen LogP contribution is 2.40. The van der Waals surface area contributed by atoms with E-state index in [2.05, 4.69) is 94.8 Å². The fraction of sp³-hybridized carbons (Fsp3) is 0.481. The number of piperidine rings is 1. The normalized spacial score (nSPS) is 19.6. The van der Waals surface area contributed by atoms with Gasteiger partial charge in [0.1, 0.15) is 6.10 Å². The van der Waals surface area contributed by atoms with Crippen molar-refractivity contribution >= 4 is 6.08 Å². The summed E-state index contributed by atoms with van der Waals surface area (Å²) in [6, 6.07) is 17.6. The molecular weight excluding hydrogens is 354 g/mol. The van der Waals surface area contributed by atoms with Crippen molar-refractivity contribution in [2.45, 2.75) is 83.9 Å². The third-order valence-corrected chi connectivity index (χ3v) is 6.31. The van der Waals surface area contributed by atoms with Crippen molar-refractivity contribution in [1.82, 2.24) is 5.06 Å². The van der Waals surface area contributed by atoms with Crippen molar-refractivity contribution in [2.75, 3.05) is 0 Å². The van der Waals surface area contributed by atoms with Crippen LogP contribution in [0.4, 0.5) is 0 Å². The Kier molecular flexibility index (Phi) is 6.65. The van der Waals surface area contributed by atoms with Gasteiger partial charge in [0.05, 0.1) is 0 Å². The van der Waals surface area contributed by atoms with Gasteiger partial charge in [0.25, 0.3) is 0 Å². The van der Waals surface area contributed by atoms with Crippen LogP contribution in [0.2, 0.25) is 0 Å². The summed E-state index contributed by atoms with van der Waals surface area (Å²) in [4.78, 5) is 6.52. The molecule has 2 aromatic carbocycles. The topological polar surface area (TPSA) is 12.5 Å². The standard InChI is InChI=1S/C27H37NO/c1-7-22-9-11-23(12-10-22)13-14-24-15-17-25(18-16-24)21(2)29-28-26(3,4)19-8-20-27(28,5)6/h7,9-12,15-18,21H,1,8,13-14,19-20H2,2-6H3. The summed E-state index contributed by atoms with van der Waals surface area (Å²) in [5.74, 6) is 0. The average molecular weight is 392 g/mol. The highest BCUT2D eigenvalue weighted by atomic mass is 16.7. The quantitative estimate of drug-likeness (QED) is 0.497. The number of hydrogen-bond acceptors (Lipinski definition) is 2. The maximum absolute atomic E-state index is 6.52. The van der Waals surface area contributed by atoms with Crippen LogP contribution in [0.1, 0.15) is 82.2 Å². The van der Waals surface area contributed by atoms with E-state index in [9.17, 15) is 0 Å². The second-order valence-electron chi connectivity index (χ2n) is 9.71. The summed E-state index contributed by atoms with van der Waals surface area (Å²) in [6.07, 6.45) is 7.66. The van der Waals surface area contributed by atoms with Crippen LogP contribution in [0.25, 0.3) is 6.08 Å². The Morgan fingerprint density at radius 2 is 1.38 bits per heavy atom. The monoisotopic (exact) mass is 391 g/mol. The molecule has 29 heavy (non-hydrogen) atoms. The molecule has 0 aliphatic carbocycles. The third kappa shape index (κ3) is 5.38. The van der Waals surface area contributed by atoms with Gasteiger partial charge < -0.3 is 0 Å². The Morgan fingerprint density at radius 1 is 0.897 bits per heavy atom. The van der Waals surface area contributed by atoms with E-state index in [4.69, 9.17) is 4.84 Å². The molecule has 0 saturated carbocycles. The van der Waals surface area contributed by atoms with E-state index in [-0.39, 0.29) is 17.2 Å². The Labute approximate surface area is 177 Å². The number of hydroxylamine groups is 2. The largest absolute Gasteiger partial charge is 0.290 e. The molecule has 0 bridgehead atoms. The number of aryl methyl sites for hydroxylation is 2. The van der Waals surface area contributed by atoms with E-state index in [1.165, 1.54) is 41.5 Å². The Balaban J connectivity index is 1.60. The summed E-state index contributed by atoms with van der Waals surface area (Å²) in [6.45, 7) is 15.2. The lowest BCUT2D eigenvalue weighted by Gasteiger charge is -2.52. The van der Waals surface area contributed by atoms with Crippen molar-refractivity contribution in [3.8, 4) is 0 Å². The SMILES string of the molecule is C=Cc1ccc(CCc2ccc(C(C)ON3C(C)(C)CCCC3(C)C)cc2)cc1. The van der Waals surface area contributed by atoms with Crippen molar-refractivity contribution in [2.24, 2.45) is 0 Å². The second-order valence-corrected chi connectivity index (χ2v) is 9.71. The molecule has 0 spiro atoms. The zero-order valence-electron chi connectivity index (χ0n) is 18.9. The van der Waals surface area contributed by atoms with Gasteiger partial charge in [0.15, 0.2) is 0 Å². The predicted molar refractivity (Wildman–Crippen MR) is 124 cm³/mol. The average Bonchev–Trinajstić information content (AvgIpc) is 2.69. The van der Waals surface area contributed by atoms with E-state index in [1.54, 1.807) is 0 Å². The summed E-state index contributed by atoms with van der Waals surface area (Å²) >= 11 is 0. The lowest BCUT2D eigenvalue weighted by Crippen LogP contribution is -2.58. The fourth-order valence-corrected chi connectivity index (χ4v) is 4.54. The van der Waals surface area contributed by atoms with Gasteiger partial charge in [-0.2, -0.15) is 5.06 Å². The molecule has 156 valence electrons. The van der Waals surface area contributed by atoms with E-state index >= 15 is 0 Å². The van der Waals surface area contributed by atoms with Crippen LogP contribution in [-0.4, -0.2) is 16.1 Å². The van der Waals surface area contributed by atoms with Gasteiger partial charge in [0.2, 0.25) is 0 Å². The van der Waals surface area contributed by atoms with Crippen LogP contribution in [-0.2, 0) is 17.7 Å². The minimum atomic E-state index is 0.0483. The maximum atomic E-state index is 6.52. The van der Waals surface area contributed by atoms with Gasteiger partial charge in [-0.05, 0) is 89.0 Å². The molecule has 1 atom stereocenters. The molecule has 3 rings (SSSR count). The van der Waals surface area contributed by atoms with Crippen molar-refractivity contribution in [1.29, 1.82) is 0 Å². The summed E-state index contributed by atoms with van der Waals surface area (Å²) in [7, 11) is 0. The van der Waals surface area contributed by atoms with Gasteiger partial charge in [-0.1, -0.05) is 61.2 Å². The number of benzene rings is 2. The molecular formula is C27H37NO. The summed E-state index contributed by atoms with van der Waals surface area (Å²) in [5, 5.41) is 2.26. The lowest BCUT2D eigenvalue weighted by molar-refractivity contribution is -0.304.